The number of thioether (sulfide) groups is 1. The average Bonchev–Trinajstić information content (AvgIpc) is 3.32. The number of aliphatic carboxylic acids is 2. The SMILES string of the molecule is C[C@H](NC(CCc1ccccc1)C(=O)O)C(=O)N1CC2(CCSC2)C[C@H]1C(=O)O. The van der Waals surface area contributed by atoms with Crippen molar-refractivity contribution in [3.63, 3.8) is 0 Å². The summed E-state index contributed by atoms with van der Waals surface area (Å²) in [6, 6.07) is 7.11. The summed E-state index contributed by atoms with van der Waals surface area (Å²) < 4.78 is 0. The molecule has 1 aromatic carbocycles. The Morgan fingerprint density at radius 2 is 2.00 bits per heavy atom. The van der Waals surface area contributed by atoms with Crippen LogP contribution in [0, 0.1) is 5.41 Å². The van der Waals surface area contributed by atoms with Crippen molar-refractivity contribution in [2.24, 2.45) is 5.41 Å². The second-order valence-corrected chi connectivity index (χ2v) is 9.24. The van der Waals surface area contributed by atoms with E-state index in [4.69, 9.17) is 0 Å². The summed E-state index contributed by atoms with van der Waals surface area (Å²) in [5.74, 6) is -0.476. The fourth-order valence-corrected chi connectivity index (χ4v) is 5.81. The summed E-state index contributed by atoms with van der Waals surface area (Å²) in [6.07, 6.45) is 2.32. The predicted molar refractivity (Wildman–Crippen MR) is 111 cm³/mol. The van der Waals surface area contributed by atoms with Gasteiger partial charge in [0.15, 0.2) is 0 Å². The quantitative estimate of drug-likeness (QED) is 0.589. The third-order valence-corrected chi connectivity index (χ3v) is 7.25. The summed E-state index contributed by atoms with van der Waals surface area (Å²) >= 11 is 1.80. The number of benzene rings is 1. The van der Waals surface area contributed by atoms with E-state index in [1.807, 2.05) is 30.3 Å². The van der Waals surface area contributed by atoms with E-state index in [1.54, 1.807) is 18.7 Å². The Labute approximate surface area is 174 Å². The molecule has 2 aliphatic rings. The molecule has 8 heteroatoms. The van der Waals surface area contributed by atoms with Gasteiger partial charge in [0.1, 0.15) is 12.1 Å². The van der Waals surface area contributed by atoms with Gasteiger partial charge in [-0.3, -0.25) is 14.9 Å². The number of aryl methyl sites for hydroxylation is 1. The molecule has 2 heterocycles. The highest BCUT2D eigenvalue weighted by Crippen LogP contribution is 2.46. The summed E-state index contributed by atoms with van der Waals surface area (Å²) in [6.45, 7) is 2.05. The van der Waals surface area contributed by atoms with E-state index in [0.717, 1.165) is 23.5 Å². The third-order valence-electron chi connectivity index (χ3n) is 5.95. The lowest BCUT2D eigenvalue weighted by atomic mass is 9.85. The molecule has 2 saturated heterocycles. The highest BCUT2D eigenvalue weighted by atomic mass is 32.2. The number of rotatable bonds is 8. The van der Waals surface area contributed by atoms with Crippen LogP contribution in [0.1, 0.15) is 31.7 Å². The maximum absolute atomic E-state index is 13.0. The van der Waals surface area contributed by atoms with Gasteiger partial charge in [-0.15, -0.1) is 0 Å². The van der Waals surface area contributed by atoms with Crippen molar-refractivity contribution in [2.75, 3.05) is 18.1 Å². The lowest BCUT2D eigenvalue weighted by Gasteiger charge is -2.28. The van der Waals surface area contributed by atoms with Crippen molar-refractivity contribution in [2.45, 2.75) is 50.7 Å². The Morgan fingerprint density at radius 1 is 1.28 bits per heavy atom. The van der Waals surface area contributed by atoms with Gasteiger partial charge in [0.25, 0.3) is 0 Å². The first-order valence-electron chi connectivity index (χ1n) is 9.95. The van der Waals surface area contributed by atoms with Gasteiger partial charge in [-0.25, -0.2) is 4.79 Å². The number of likely N-dealkylation sites (tertiary alicyclic amines) is 1. The van der Waals surface area contributed by atoms with E-state index in [-0.39, 0.29) is 11.3 Å². The van der Waals surface area contributed by atoms with Crippen molar-refractivity contribution >= 4 is 29.6 Å². The van der Waals surface area contributed by atoms with Gasteiger partial charge < -0.3 is 15.1 Å². The van der Waals surface area contributed by atoms with Crippen LogP contribution in [0.25, 0.3) is 0 Å². The first-order chi connectivity index (χ1) is 13.8. The number of nitrogens with one attached hydrogen (secondary N) is 1. The number of hydrogen-bond donors (Lipinski definition) is 3. The van der Waals surface area contributed by atoms with Crippen molar-refractivity contribution in [3.05, 3.63) is 35.9 Å². The molecule has 1 spiro atoms. The largest absolute Gasteiger partial charge is 0.480 e. The topological polar surface area (TPSA) is 107 Å². The van der Waals surface area contributed by atoms with E-state index in [9.17, 15) is 24.6 Å². The standard InChI is InChI=1S/C21H28N2O5S/c1-14(22-16(19(25)26)8-7-15-5-3-2-4-6-15)18(24)23-12-21(9-10-29-13-21)11-17(23)20(27)28/h2-6,14,16-17,22H,7-13H2,1H3,(H,25,26)(H,27,28)/t14-,16?,17-,21?/m0/s1. The van der Waals surface area contributed by atoms with E-state index in [1.165, 1.54) is 4.90 Å². The van der Waals surface area contributed by atoms with Crippen LogP contribution in [0.2, 0.25) is 0 Å². The molecule has 0 radical (unpaired) electrons. The van der Waals surface area contributed by atoms with Crippen molar-refractivity contribution < 1.29 is 24.6 Å². The first-order valence-corrected chi connectivity index (χ1v) is 11.1. The summed E-state index contributed by atoms with van der Waals surface area (Å²) in [7, 11) is 0. The molecule has 0 saturated carbocycles. The number of carboxylic acid groups (broad SMARTS) is 2. The molecular formula is C21H28N2O5S. The zero-order chi connectivity index (χ0) is 21.0. The predicted octanol–water partition coefficient (Wildman–Crippen LogP) is 1.86. The summed E-state index contributed by atoms with van der Waals surface area (Å²) in [5, 5.41) is 22.1. The second kappa shape index (κ2) is 9.17. The minimum absolute atomic E-state index is 0.122. The number of carbonyl (C=O) groups is 3. The van der Waals surface area contributed by atoms with Gasteiger partial charge in [-0.1, -0.05) is 30.3 Å². The van der Waals surface area contributed by atoms with Gasteiger partial charge in [0, 0.05) is 17.7 Å². The van der Waals surface area contributed by atoms with Crippen LogP contribution < -0.4 is 5.32 Å². The minimum Gasteiger partial charge on any atom is -0.480 e. The van der Waals surface area contributed by atoms with Gasteiger partial charge in [-0.2, -0.15) is 11.8 Å². The van der Waals surface area contributed by atoms with Crippen LogP contribution in [0.15, 0.2) is 30.3 Å². The van der Waals surface area contributed by atoms with Gasteiger partial charge in [0.05, 0.1) is 6.04 Å². The van der Waals surface area contributed by atoms with Crippen molar-refractivity contribution in [3.8, 4) is 0 Å². The van der Waals surface area contributed by atoms with Gasteiger partial charge in [0.2, 0.25) is 5.91 Å². The van der Waals surface area contributed by atoms with E-state index >= 15 is 0 Å². The summed E-state index contributed by atoms with van der Waals surface area (Å²) in [5.41, 5.74) is 0.911. The fraction of sp³-hybridized carbons (Fsp3) is 0.571. The number of carbonyl (C=O) groups excluding carboxylic acids is 1. The maximum atomic E-state index is 13.0. The number of carboxylic acids is 2. The highest BCUT2D eigenvalue weighted by molar-refractivity contribution is 7.99. The van der Waals surface area contributed by atoms with Crippen LogP contribution in [0.3, 0.4) is 0 Å². The molecule has 4 atom stereocenters. The molecule has 2 fully saturated rings. The van der Waals surface area contributed by atoms with Crippen LogP contribution in [0.5, 0.6) is 0 Å². The maximum Gasteiger partial charge on any atom is 0.326 e. The molecule has 0 bridgehead atoms. The fourth-order valence-electron chi connectivity index (χ4n) is 4.30. The Morgan fingerprint density at radius 3 is 2.59 bits per heavy atom. The second-order valence-electron chi connectivity index (χ2n) is 8.13. The average molecular weight is 421 g/mol. The molecule has 7 nitrogen and oxygen atoms in total. The Kier molecular flexibility index (Phi) is 6.85. The molecule has 29 heavy (non-hydrogen) atoms. The summed E-state index contributed by atoms with van der Waals surface area (Å²) in [4.78, 5) is 37.9. The number of amides is 1. The Balaban J connectivity index is 1.64. The molecule has 2 aliphatic heterocycles. The normalized spacial score (nSPS) is 25.8. The lowest BCUT2D eigenvalue weighted by molar-refractivity contribution is -0.149. The monoisotopic (exact) mass is 420 g/mol. The molecular weight excluding hydrogens is 392 g/mol. The van der Waals surface area contributed by atoms with Crippen LogP contribution in [-0.2, 0) is 20.8 Å². The van der Waals surface area contributed by atoms with E-state index in [0.29, 0.717) is 25.8 Å². The highest BCUT2D eigenvalue weighted by Gasteiger charge is 2.50. The van der Waals surface area contributed by atoms with Crippen LogP contribution in [-0.4, -0.2) is 69.1 Å². The Bertz CT molecular complexity index is 751. The smallest absolute Gasteiger partial charge is 0.326 e. The number of nitrogens with zero attached hydrogens (tertiary/aromatic N) is 1. The zero-order valence-corrected chi connectivity index (χ0v) is 17.4. The van der Waals surface area contributed by atoms with Crippen molar-refractivity contribution in [1.82, 2.24) is 10.2 Å². The van der Waals surface area contributed by atoms with Crippen LogP contribution >= 0.6 is 11.8 Å². The lowest BCUT2D eigenvalue weighted by Crippen LogP contribution is -2.53. The number of hydrogen-bond acceptors (Lipinski definition) is 5. The molecule has 1 aromatic rings. The van der Waals surface area contributed by atoms with Crippen LogP contribution in [0.4, 0.5) is 0 Å². The van der Waals surface area contributed by atoms with Gasteiger partial charge in [-0.05, 0) is 43.9 Å². The minimum atomic E-state index is -1.01. The molecule has 3 N–H and O–H groups in total. The Hall–Kier alpha value is -2.06. The molecule has 0 aliphatic carbocycles. The van der Waals surface area contributed by atoms with E-state index < -0.39 is 30.1 Å². The molecule has 3 rings (SSSR count). The van der Waals surface area contributed by atoms with Crippen molar-refractivity contribution in [1.29, 1.82) is 0 Å². The molecule has 158 valence electrons. The van der Waals surface area contributed by atoms with Gasteiger partial charge >= 0.3 is 11.9 Å². The van der Waals surface area contributed by atoms with E-state index in [2.05, 4.69) is 5.32 Å². The molecule has 0 aromatic heterocycles. The zero-order valence-electron chi connectivity index (χ0n) is 16.5. The third kappa shape index (κ3) is 5.11. The first kappa shape index (κ1) is 21.6. The molecule has 2 unspecified atom stereocenters. The molecule has 1 amide bonds.